The van der Waals surface area contributed by atoms with Crippen molar-refractivity contribution in [1.29, 1.82) is 0 Å². The average Bonchev–Trinajstić information content (AvgIpc) is 3.45. The molecule has 4 aromatic rings. The molecule has 8 nitrogen and oxygen atoms in total. The Labute approximate surface area is 196 Å². The van der Waals surface area contributed by atoms with Gasteiger partial charge in [0.2, 0.25) is 0 Å². The lowest BCUT2D eigenvalue weighted by atomic mass is 10.2. The monoisotopic (exact) mass is 465 g/mol. The predicted molar refractivity (Wildman–Crippen MR) is 127 cm³/mol. The molecule has 0 spiro atoms. The smallest absolute Gasteiger partial charge is 0.257 e. The van der Waals surface area contributed by atoms with E-state index in [-0.39, 0.29) is 6.61 Å². The first-order valence-electron chi connectivity index (χ1n) is 11.1. The lowest BCUT2D eigenvalue weighted by Crippen LogP contribution is -2.48. The molecule has 1 N–H and O–H groups in total. The molecule has 172 valence electrons. The predicted octanol–water partition coefficient (Wildman–Crippen LogP) is 3.21. The number of hydrogen-bond donors (Lipinski definition) is 1. The van der Waals surface area contributed by atoms with Crippen LogP contribution in [0.25, 0.3) is 21.7 Å². The molecule has 1 atom stereocenters. The third-order valence-corrected chi connectivity index (χ3v) is 6.65. The van der Waals surface area contributed by atoms with Gasteiger partial charge >= 0.3 is 0 Å². The maximum absolute atomic E-state index is 10.5. The number of rotatable bonds is 8. The molecule has 0 bridgehead atoms. The highest BCUT2D eigenvalue weighted by Gasteiger charge is 2.21. The fraction of sp³-hybridized carbons (Fsp3) is 0.375. The van der Waals surface area contributed by atoms with Crippen molar-refractivity contribution in [1.82, 2.24) is 24.9 Å². The van der Waals surface area contributed by atoms with Crippen molar-refractivity contribution in [3.63, 3.8) is 0 Å². The Bertz CT molecular complexity index is 1190. The molecule has 1 saturated heterocycles. The van der Waals surface area contributed by atoms with Crippen molar-refractivity contribution in [2.45, 2.75) is 19.6 Å². The zero-order valence-corrected chi connectivity index (χ0v) is 19.4. The summed E-state index contributed by atoms with van der Waals surface area (Å²) in [5.41, 5.74) is 1.87. The van der Waals surface area contributed by atoms with Crippen LogP contribution in [0.4, 0.5) is 0 Å². The number of piperazine rings is 1. The third-order valence-electron chi connectivity index (χ3n) is 5.70. The number of aliphatic hydroxyl groups excluding tert-OH is 1. The van der Waals surface area contributed by atoms with E-state index in [9.17, 15) is 5.11 Å². The molecule has 0 saturated carbocycles. The molecule has 1 fully saturated rings. The summed E-state index contributed by atoms with van der Waals surface area (Å²) >= 11 is 1.67. The second kappa shape index (κ2) is 9.96. The normalized spacial score (nSPS) is 16.3. The summed E-state index contributed by atoms with van der Waals surface area (Å²) in [7, 11) is 0. The van der Waals surface area contributed by atoms with Crippen molar-refractivity contribution in [2.24, 2.45) is 0 Å². The zero-order chi connectivity index (χ0) is 22.6. The lowest BCUT2D eigenvalue weighted by molar-refractivity contribution is 0.0440. The van der Waals surface area contributed by atoms with E-state index in [4.69, 9.17) is 9.26 Å². The molecular weight excluding hydrogens is 438 g/mol. The maximum atomic E-state index is 10.5. The Morgan fingerprint density at radius 3 is 2.67 bits per heavy atom. The van der Waals surface area contributed by atoms with Crippen molar-refractivity contribution < 1.29 is 14.4 Å². The molecule has 1 aliphatic rings. The number of aliphatic hydroxyl groups is 1. The van der Waals surface area contributed by atoms with Crippen LogP contribution in [-0.4, -0.2) is 75.5 Å². The second-order valence-corrected chi connectivity index (χ2v) is 9.52. The van der Waals surface area contributed by atoms with E-state index in [0.29, 0.717) is 24.8 Å². The first kappa shape index (κ1) is 22.0. The van der Waals surface area contributed by atoms with Crippen LogP contribution in [0.1, 0.15) is 10.8 Å². The molecule has 0 amide bonds. The van der Waals surface area contributed by atoms with Crippen LogP contribution in [-0.2, 0) is 6.54 Å². The highest BCUT2D eigenvalue weighted by Crippen LogP contribution is 2.25. The summed E-state index contributed by atoms with van der Waals surface area (Å²) in [4.78, 5) is 13.6. The van der Waals surface area contributed by atoms with E-state index in [0.717, 1.165) is 52.7 Å². The zero-order valence-electron chi connectivity index (χ0n) is 18.6. The molecule has 33 heavy (non-hydrogen) atoms. The fourth-order valence-corrected chi connectivity index (χ4v) is 4.81. The molecule has 3 heterocycles. The van der Waals surface area contributed by atoms with E-state index in [1.807, 2.05) is 55.5 Å². The Kier molecular flexibility index (Phi) is 6.63. The quantitative estimate of drug-likeness (QED) is 0.424. The summed E-state index contributed by atoms with van der Waals surface area (Å²) < 4.78 is 12.4. The van der Waals surface area contributed by atoms with E-state index < -0.39 is 6.10 Å². The van der Waals surface area contributed by atoms with Crippen molar-refractivity contribution >= 4 is 21.6 Å². The Morgan fingerprint density at radius 1 is 1.06 bits per heavy atom. The van der Waals surface area contributed by atoms with Crippen molar-refractivity contribution in [2.75, 3.05) is 39.3 Å². The van der Waals surface area contributed by atoms with Gasteiger partial charge in [0.05, 0.1) is 21.8 Å². The minimum atomic E-state index is -0.546. The summed E-state index contributed by atoms with van der Waals surface area (Å²) in [6.07, 6.45) is -0.546. The average molecular weight is 466 g/mol. The minimum absolute atomic E-state index is 0.264. The van der Waals surface area contributed by atoms with Crippen LogP contribution in [0.2, 0.25) is 0 Å². The van der Waals surface area contributed by atoms with Crippen LogP contribution >= 0.6 is 11.3 Å². The van der Waals surface area contributed by atoms with Gasteiger partial charge in [0.15, 0.2) is 5.82 Å². The highest BCUT2D eigenvalue weighted by atomic mass is 32.1. The van der Waals surface area contributed by atoms with Crippen LogP contribution in [0, 0.1) is 6.92 Å². The van der Waals surface area contributed by atoms with E-state index in [2.05, 4.69) is 24.9 Å². The van der Waals surface area contributed by atoms with E-state index in [1.54, 1.807) is 11.3 Å². The molecule has 0 aliphatic carbocycles. The molecule has 1 aliphatic heterocycles. The topological polar surface area (TPSA) is 87.8 Å². The molecule has 0 unspecified atom stereocenters. The Morgan fingerprint density at radius 2 is 1.85 bits per heavy atom. The number of hydrogen-bond acceptors (Lipinski definition) is 9. The molecule has 9 heteroatoms. The van der Waals surface area contributed by atoms with Gasteiger partial charge in [-0.25, -0.2) is 4.98 Å². The first-order chi connectivity index (χ1) is 16.1. The molecular formula is C24H27N5O3S. The maximum Gasteiger partial charge on any atom is 0.257 e. The van der Waals surface area contributed by atoms with Crippen LogP contribution < -0.4 is 4.74 Å². The van der Waals surface area contributed by atoms with Gasteiger partial charge in [-0.15, -0.1) is 11.3 Å². The number of fused-ring (bicyclic) bond motifs is 1. The second-order valence-electron chi connectivity index (χ2n) is 8.29. The van der Waals surface area contributed by atoms with Gasteiger partial charge in [0, 0.05) is 44.4 Å². The number of β-amino-alcohol motifs (C(OH)–C–C–N with tert-alkyl or cyclic N) is 1. The Hall–Kier alpha value is -2.85. The number of ether oxygens (including phenoxy) is 1. The number of thiazole rings is 1. The van der Waals surface area contributed by atoms with Crippen molar-refractivity contribution in [3.05, 3.63) is 59.4 Å². The summed E-state index contributed by atoms with van der Waals surface area (Å²) in [5.74, 6) is 1.99. The van der Waals surface area contributed by atoms with Crippen molar-refractivity contribution in [3.8, 4) is 17.2 Å². The van der Waals surface area contributed by atoms with Crippen LogP contribution in [0.15, 0.2) is 53.1 Å². The number of aromatic nitrogens is 3. The summed E-state index contributed by atoms with van der Waals surface area (Å²) in [6.45, 7) is 7.06. The summed E-state index contributed by atoms with van der Waals surface area (Å²) in [6, 6.07) is 15.7. The summed E-state index contributed by atoms with van der Waals surface area (Å²) in [5, 5.41) is 15.6. The van der Waals surface area contributed by atoms with Gasteiger partial charge in [0.25, 0.3) is 5.89 Å². The molecule has 5 rings (SSSR count). The van der Waals surface area contributed by atoms with Gasteiger partial charge in [-0.1, -0.05) is 23.4 Å². The first-order valence-corrected chi connectivity index (χ1v) is 11.9. The van der Waals surface area contributed by atoms with Crippen LogP contribution in [0.3, 0.4) is 0 Å². The minimum Gasteiger partial charge on any atom is -0.491 e. The largest absolute Gasteiger partial charge is 0.491 e. The standard InChI is InChI=1S/C24H27N5O3S/c1-17-25-21-13-20(7-8-22(21)33-17)31-16-19(30)14-28-9-11-29(12-10-28)15-23-26-24(32-27-23)18-5-3-2-4-6-18/h2-8,13,19,30H,9-12,14-16H2,1H3/t19-/m1/s1. The molecule has 2 aromatic carbocycles. The number of aryl methyl sites for hydroxylation is 1. The third kappa shape index (κ3) is 5.56. The van der Waals surface area contributed by atoms with Gasteiger partial charge in [-0.2, -0.15) is 4.98 Å². The van der Waals surface area contributed by atoms with Gasteiger partial charge in [0.1, 0.15) is 18.5 Å². The van der Waals surface area contributed by atoms with Crippen LogP contribution in [0.5, 0.6) is 5.75 Å². The Balaban J connectivity index is 1.05. The van der Waals surface area contributed by atoms with E-state index in [1.165, 1.54) is 0 Å². The fourth-order valence-electron chi connectivity index (χ4n) is 4.00. The SMILES string of the molecule is Cc1nc2cc(OC[C@H](O)CN3CCN(Cc4noc(-c5ccccc5)n4)CC3)ccc2s1. The highest BCUT2D eigenvalue weighted by molar-refractivity contribution is 7.18. The van der Waals surface area contributed by atoms with E-state index >= 15 is 0 Å². The van der Waals surface area contributed by atoms with Gasteiger partial charge in [-0.05, 0) is 31.2 Å². The molecule has 2 aromatic heterocycles. The number of nitrogens with zero attached hydrogens (tertiary/aromatic N) is 5. The van der Waals surface area contributed by atoms with Gasteiger partial charge in [-0.3, -0.25) is 9.80 Å². The number of benzene rings is 2. The lowest BCUT2D eigenvalue weighted by Gasteiger charge is -2.34. The van der Waals surface area contributed by atoms with Gasteiger partial charge < -0.3 is 14.4 Å². The molecule has 0 radical (unpaired) electrons.